The molecule has 0 bridgehead atoms. The number of aliphatic hydroxyl groups is 1. The van der Waals surface area contributed by atoms with E-state index in [0.29, 0.717) is 18.7 Å². The van der Waals surface area contributed by atoms with Crippen LogP contribution >= 0.6 is 0 Å². The fourth-order valence-electron chi connectivity index (χ4n) is 3.49. The van der Waals surface area contributed by atoms with E-state index < -0.39 is 0 Å². The van der Waals surface area contributed by atoms with Gasteiger partial charge in [-0.2, -0.15) is 0 Å². The third kappa shape index (κ3) is 3.84. The van der Waals surface area contributed by atoms with Crippen molar-refractivity contribution in [3.63, 3.8) is 0 Å². The van der Waals surface area contributed by atoms with Crippen molar-refractivity contribution in [2.75, 3.05) is 19.8 Å². The Labute approximate surface area is 158 Å². The Morgan fingerprint density at radius 2 is 1.93 bits per heavy atom. The van der Waals surface area contributed by atoms with E-state index in [1.807, 2.05) is 60.7 Å². The molecule has 2 atom stereocenters. The van der Waals surface area contributed by atoms with Crippen molar-refractivity contribution in [2.45, 2.75) is 12.5 Å². The highest BCUT2D eigenvalue weighted by molar-refractivity contribution is 5.89. The van der Waals surface area contributed by atoms with Crippen molar-refractivity contribution in [3.8, 4) is 17.0 Å². The Morgan fingerprint density at radius 1 is 1.15 bits per heavy atom. The third-order valence-electron chi connectivity index (χ3n) is 5.02. The molecule has 4 rings (SSSR count). The first-order valence-corrected chi connectivity index (χ1v) is 9.19. The van der Waals surface area contributed by atoms with Gasteiger partial charge < -0.3 is 15.2 Å². The standard InChI is InChI=1S/C22H22N2O3/c25-13-17-10-16(12-23-17)21(26)14-27-22-11-20(15-6-2-1-3-7-15)24-19-9-5-4-8-18(19)22/h1-9,11,16-17,23,25H,10,12-14H2/t16?,17-/m1/s1. The minimum absolute atomic E-state index is 0.00499. The molecule has 2 aromatic carbocycles. The summed E-state index contributed by atoms with van der Waals surface area (Å²) in [5.41, 5.74) is 2.66. The lowest BCUT2D eigenvalue weighted by atomic mass is 10.0. The molecule has 1 fully saturated rings. The number of aliphatic hydroxyl groups excluding tert-OH is 1. The number of Topliss-reactive ketones (excluding diaryl/α,β-unsaturated/α-hetero) is 1. The van der Waals surface area contributed by atoms with Crippen LogP contribution in [-0.4, -0.2) is 41.7 Å². The number of nitrogens with one attached hydrogen (secondary N) is 1. The van der Waals surface area contributed by atoms with Crippen LogP contribution in [0.1, 0.15) is 6.42 Å². The SMILES string of the molecule is O=C(COc1cc(-c2ccccc2)nc2ccccc12)C1CN[C@@H](CO)C1. The number of fused-ring (bicyclic) bond motifs is 1. The Hall–Kier alpha value is -2.76. The van der Waals surface area contributed by atoms with Crippen molar-refractivity contribution in [1.29, 1.82) is 0 Å². The summed E-state index contributed by atoms with van der Waals surface area (Å²) in [4.78, 5) is 17.2. The van der Waals surface area contributed by atoms with Crippen LogP contribution in [0.3, 0.4) is 0 Å². The first-order chi connectivity index (χ1) is 13.2. The van der Waals surface area contributed by atoms with E-state index in [9.17, 15) is 9.90 Å². The summed E-state index contributed by atoms with van der Waals surface area (Å²) in [6.07, 6.45) is 0.658. The molecule has 5 nitrogen and oxygen atoms in total. The number of nitrogens with zero attached hydrogens (tertiary/aromatic N) is 1. The number of benzene rings is 2. The molecule has 0 radical (unpaired) electrons. The van der Waals surface area contributed by atoms with E-state index in [-0.39, 0.29) is 31.0 Å². The highest BCUT2D eigenvalue weighted by Crippen LogP contribution is 2.30. The van der Waals surface area contributed by atoms with Gasteiger partial charge in [0.05, 0.1) is 17.8 Å². The second-order valence-electron chi connectivity index (χ2n) is 6.86. The lowest BCUT2D eigenvalue weighted by Crippen LogP contribution is -2.25. The quantitative estimate of drug-likeness (QED) is 0.706. The second-order valence-corrected chi connectivity index (χ2v) is 6.86. The van der Waals surface area contributed by atoms with E-state index in [4.69, 9.17) is 9.72 Å². The average molecular weight is 362 g/mol. The maximum absolute atomic E-state index is 12.5. The summed E-state index contributed by atoms with van der Waals surface area (Å²) in [6.45, 7) is 0.673. The van der Waals surface area contributed by atoms with E-state index in [2.05, 4.69) is 5.32 Å². The zero-order valence-corrected chi connectivity index (χ0v) is 15.0. The molecule has 0 amide bonds. The molecule has 1 aliphatic heterocycles. The molecular weight excluding hydrogens is 340 g/mol. The Morgan fingerprint density at radius 3 is 2.70 bits per heavy atom. The van der Waals surface area contributed by atoms with Gasteiger partial charge in [0.2, 0.25) is 0 Å². The first kappa shape index (κ1) is 17.6. The van der Waals surface area contributed by atoms with Crippen LogP contribution < -0.4 is 10.1 Å². The van der Waals surface area contributed by atoms with Crippen LogP contribution in [0.25, 0.3) is 22.2 Å². The first-order valence-electron chi connectivity index (χ1n) is 9.19. The van der Waals surface area contributed by atoms with E-state index in [0.717, 1.165) is 22.2 Å². The molecule has 0 saturated carbocycles. The molecule has 0 spiro atoms. The predicted octanol–water partition coefficient (Wildman–Crippen LogP) is 2.82. The predicted molar refractivity (Wildman–Crippen MR) is 105 cm³/mol. The van der Waals surface area contributed by atoms with Gasteiger partial charge in [0, 0.05) is 35.5 Å². The highest BCUT2D eigenvalue weighted by Gasteiger charge is 2.29. The number of ketones is 1. The molecular formula is C22H22N2O3. The maximum atomic E-state index is 12.5. The summed E-state index contributed by atoms with van der Waals surface area (Å²) in [6, 6.07) is 19.6. The normalized spacial score (nSPS) is 19.3. The zero-order chi connectivity index (χ0) is 18.6. The Balaban J connectivity index is 1.58. The summed E-state index contributed by atoms with van der Waals surface area (Å²) < 4.78 is 5.94. The fourth-order valence-corrected chi connectivity index (χ4v) is 3.49. The summed E-state index contributed by atoms with van der Waals surface area (Å²) in [5, 5.41) is 13.3. The van der Waals surface area contributed by atoms with Gasteiger partial charge in [-0.05, 0) is 18.6 Å². The minimum atomic E-state index is -0.108. The fraction of sp³-hybridized carbons (Fsp3) is 0.273. The number of hydrogen-bond donors (Lipinski definition) is 2. The van der Waals surface area contributed by atoms with E-state index in [1.165, 1.54) is 0 Å². The second kappa shape index (κ2) is 7.86. The molecule has 5 heteroatoms. The summed E-state index contributed by atoms with van der Waals surface area (Å²) in [7, 11) is 0. The Bertz CT molecular complexity index is 943. The molecule has 2 heterocycles. The summed E-state index contributed by atoms with van der Waals surface area (Å²) in [5.74, 6) is 0.613. The van der Waals surface area contributed by atoms with Crippen molar-refractivity contribution in [3.05, 3.63) is 60.7 Å². The summed E-state index contributed by atoms with van der Waals surface area (Å²) >= 11 is 0. The number of para-hydroxylation sites is 1. The van der Waals surface area contributed by atoms with Crippen LogP contribution in [0.15, 0.2) is 60.7 Å². The van der Waals surface area contributed by atoms with Gasteiger partial charge >= 0.3 is 0 Å². The smallest absolute Gasteiger partial charge is 0.174 e. The number of rotatable bonds is 6. The molecule has 27 heavy (non-hydrogen) atoms. The third-order valence-corrected chi connectivity index (χ3v) is 5.02. The molecule has 0 aliphatic carbocycles. The molecule has 138 valence electrons. The van der Waals surface area contributed by atoms with Gasteiger partial charge in [0.15, 0.2) is 5.78 Å². The van der Waals surface area contributed by atoms with Crippen LogP contribution in [-0.2, 0) is 4.79 Å². The van der Waals surface area contributed by atoms with Gasteiger partial charge in [0.1, 0.15) is 12.4 Å². The van der Waals surface area contributed by atoms with Gasteiger partial charge in [-0.1, -0.05) is 42.5 Å². The van der Waals surface area contributed by atoms with Crippen molar-refractivity contribution in [1.82, 2.24) is 10.3 Å². The van der Waals surface area contributed by atoms with Crippen LogP contribution in [0, 0.1) is 5.92 Å². The molecule has 3 aromatic rings. The lowest BCUT2D eigenvalue weighted by Gasteiger charge is -2.13. The van der Waals surface area contributed by atoms with Crippen molar-refractivity contribution < 1.29 is 14.6 Å². The lowest BCUT2D eigenvalue weighted by molar-refractivity contribution is -0.124. The van der Waals surface area contributed by atoms with Crippen LogP contribution in [0.5, 0.6) is 5.75 Å². The molecule has 1 unspecified atom stereocenters. The number of aromatic nitrogens is 1. The number of carbonyl (C=O) groups excluding carboxylic acids is 1. The average Bonchev–Trinajstić information content (AvgIpc) is 3.21. The monoisotopic (exact) mass is 362 g/mol. The largest absolute Gasteiger partial charge is 0.485 e. The van der Waals surface area contributed by atoms with Crippen LogP contribution in [0.4, 0.5) is 0 Å². The maximum Gasteiger partial charge on any atom is 0.174 e. The molecule has 1 aromatic heterocycles. The molecule has 1 aliphatic rings. The zero-order valence-electron chi connectivity index (χ0n) is 15.0. The minimum Gasteiger partial charge on any atom is -0.485 e. The van der Waals surface area contributed by atoms with E-state index >= 15 is 0 Å². The van der Waals surface area contributed by atoms with Crippen molar-refractivity contribution >= 4 is 16.7 Å². The van der Waals surface area contributed by atoms with E-state index in [1.54, 1.807) is 0 Å². The topological polar surface area (TPSA) is 71.5 Å². The van der Waals surface area contributed by atoms with Crippen LogP contribution in [0.2, 0.25) is 0 Å². The highest BCUT2D eigenvalue weighted by atomic mass is 16.5. The number of carbonyl (C=O) groups is 1. The number of hydrogen-bond acceptors (Lipinski definition) is 5. The van der Waals surface area contributed by atoms with Gasteiger partial charge in [-0.25, -0.2) is 4.98 Å². The molecule has 1 saturated heterocycles. The molecule has 2 N–H and O–H groups in total. The Kier molecular flexibility index (Phi) is 5.14. The van der Waals surface area contributed by atoms with Crippen molar-refractivity contribution in [2.24, 2.45) is 5.92 Å². The van der Waals surface area contributed by atoms with Gasteiger partial charge in [-0.15, -0.1) is 0 Å². The van der Waals surface area contributed by atoms with Gasteiger partial charge in [-0.3, -0.25) is 4.79 Å². The number of pyridine rings is 1. The number of ether oxygens (including phenoxy) is 1. The van der Waals surface area contributed by atoms with Gasteiger partial charge in [0.25, 0.3) is 0 Å².